The molecule has 3 aromatic rings. The van der Waals surface area contributed by atoms with E-state index in [1.165, 1.54) is 12.1 Å². The Hall–Kier alpha value is -3.45. The van der Waals surface area contributed by atoms with Crippen molar-refractivity contribution in [1.82, 2.24) is 9.78 Å². The van der Waals surface area contributed by atoms with Gasteiger partial charge in [-0.05, 0) is 42.5 Å². The number of aromatic nitrogens is 2. The van der Waals surface area contributed by atoms with Crippen LogP contribution in [0.4, 0.5) is 11.4 Å². The highest BCUT2D eigenvalue weighted by Crippen LogP contribution is 2.13. The van der Waals surface area contributed by atoms with E-state index in [-0.39, 0.29) is 12.2 Å². The first-order chi connectivity index (χ1) is 13.0. The molecule has 1 aromatic heterocycles. The predicted octanol–water partition coefficient (Wildman–Crippen LogP) is 2.79. The monoisotopic (exact) mass is 382 g/mol. The number of halogens is 1. The number of carbonyl (C=O) groups is 2. The molecule has 7 nitrogen and oxygen atoms in total. The van der Waals surface area contributed by atoms with Crippen LogP contribution in [0.5, 0.6) is 0 Å². The average molecular weight is 383 g/mol. The van der Waals surface area contributed by atoms with Gasteiger partial charge in [-0.2, -0.15) is 5.10 Å². The van der Waals surface area contributed by atoms with Crippen LogP contribution in [0.3, 0.4) is 0 Å². The quantitative estimate of drug-likeness (QED) is 0.709. The fourth-order valence-corrected chi connectivity index (χ4v) is 2.40. The van der Waals surface area contributed by atoms with Crippen molar-refractivity contribution in [3.63, 3.8) is 0 Å². The van der Waals surface area contributed by atoms with Crippen LogP contribution in [0, 0.1) is 0 Å². The van der Waals surface area contributed by atoms with E-state index < -0.39 is 17.4 Å². The molecule has 27 heavy (non-hydrogen) atoms. The zero-order valence-corrected chi connectivity index (χ0v) is 14.8. The zero-order valence-electron chi connectivity index (χ0n) is 14.1. The van der Waals surface area contributed by atoms with Crippen LogP contribution in [0.1, 0.15) is 10.5 Å². The van der Waals surface area contributed by atoms with Crippen LogP contribution in [-0.2, 0) is 11.3 Å². The van der Waals surface area contributed by atoms with E-state index in [0.29, 0.717) is 16.4 Å². The maximum atomic E-state index is 12.3. The number of para-hydroxylation sites is 1. The van der Waals surface area contributed by atoms with E-state index in [4.69, 9.17) is 11.6 Å². The lowest BCUT2D eigenvalue weighted by atomic mass is 10.3. The lowest BCUT2D eigenvalue weighted by Gasteiger charge is -2.09. The van der Waals surface area contributed by atoms with Gasteiger partial charge in [-0.1, -0.05) is 29.8 Å². The molecule has 2 aromatic carbocycles. The maximum absolute atomic E-state index is 12.3. The Morgan fingerprint density at radius 2 is 1.56 bits per heavy atom. The average Bonchev–Trinajstić information content (AvgIpc) is 2.66. The van der Waals surface area contributed by atoms with E-state index in [9.17, 15) is 14.4 Å². The topological polar surface area (TPSA) is 93.1 Å². The van der Waals surface area contributed by atoms with Gasteiger partial charge in [0.2, 0.25) is 5.91 Å². The highest BCUT2D eigenvalue weighted by atomic mass is 35.5. The van der Waals surface area contributed by atoms with Gasteiger partial charge in [-0.25, -0.2) is 4.68 Å². The van der Waals surface area contributed by atoms with Gasteiger partial charge in [0.15, 0.2) is 0 Å². The standard InChI is InChI=1S/C19H15ClN4O3/c20-13-6-8-15(9-7-13)21-17(25)12-24-18(26)11-10-16(23-24)19(27)22-14-4-2-1-3-5-14/h1-11H,12H2,(H,21,25)(H,22,27). The van der Waals surface area contributed by atoms with Gasteiger partial charge >= 0.3 is 0 Å². The van der Waals surface area contributed by atoms with Crippen molar-refractivity contribution in [1.29, 1.82) is 0 Å². The molecule has 0 spiro atoms. The van der Waals surface area contributed by atoms with Gasteiger partial charge in [0.1, 0.15) is 12.2 Å². The van der Waals surface area contributed by atoms with Gasteiger partial charge in [0.05, 0.1) is 0 Å². The van der Waals surface area contributed by atoms with E-state index in [0.717, 1.165) is 4.68 Å². The predicted molar refractivity (Wildman–Crippen MR) is 103 cm³/mol. The summed E-state index contributed by atoms with van der Waals surface area (Å²) in [7, 11) is 0. The second-order valence-corrected chi connectivity index (χ2v) is 6.03. The molecule has 0 saturated heterocycles. The van der Waals surface area contributed by atoms with Crippen LogP contribution in [0.15, 0.2) is 71.5 Å². The van der Waals surface area contributed by atoms with Crippen LogP contribution in [0.25, 0.3) is 0 Å². The van der Waals surface area contributed by atoms with E-state index in [1.54, 1.807) is 48.5 Å². The number of carbonyl (C=O) groups excluding carboxylic acids is 2. The normalized spacial score (nSPS) is 10.3. The second kappa shape index (κ2) is 8.29. The maximum Gasteiger partial charge on any atom is 0.276 e. The number of hydrogen-bond donors (Lipinski definition) is 2. The number of nitrogens with zero attached hydrogens (tertiary/aromatic N) is 2. The molecule has 1 heterocycles. The molecule has 0 aliphatic heterocycles. The summed E-state index contributed by atoms with van der Waals surface area (Å²) in [6, 6.07) is 17.9. The van der Waals surface area contributed by atoms with Crippen molar-refractivity contribution in [3.8, 4) is 0 Å². The molecular formula is C19H15ClN4O3. The van der Waals surface area contributed by atoms with Crippen molar-refractivity contribution >= 4 is 34.8 Å². The lowest BCUT2D eigenvalue weighted by Crippen LogP contribution is -2.31. The lowest BCUT2D eigenvalue weighted by molar-refractivity contribution is -0.117. The Morgan fingerprint density at radius 1 is 0.889 bits per heavy atom. The number of anilines is 2. The molecule has 0 bridgehead atoms. The molecule has 0 fully saturated rings. The van der Waals surface area contributed by atoms with Crippen LogP contribution in [-0.4, -0.2) is 21.6 Å². The number of amides is 2. The first kappa shape index (κ1) is 18.3. The summed E-state index contributed by atoms with van der Waals surface area (Å²) < 4.78 is 0.936. The number of benzene rings is 2. The molecule has 0 saturated carbocycles. The first-order valence-electron chi connectivity index (χ1n) is 8.01. The summed E-state index contributed by atoms with van der Waals surface area (Å²) in [5, 5.41) is 9.83. The number of hydrogen-bond acceptors (Lipinski definition) is 4. The molecule has 0 aliphatic carbocycles. The Kier molecular flexibility index (Phi) is 5.63. The molecule has 3 rings (SSSR count). The van der Waals surface area contributed by atoms with Crippen molar-refractivity contribution in [2.45, 2.75) is 6.54 Å². The minimum absolute atomic E-state index is 0.0257. The highest BCUT2D eigenvalue weighted by Gasteiger charge is 2.12. The summed E-state index contributed by atoms with van der Waals surface area (Å²) in [5.74, 6) is -0.930. The molecule has 0 atom stereocenters. The van der Waals surface area contributed by atoms with Crippen LogP contribution < -0.4 is 16.2 Å². The summed E-state index contributed by atoms with van der Waals surface area (Å²) in [6.45, 7) is -0.325. The van der Waals surface area contributed by atoms with Crippen molar-refractivity contribution in [3.05, 3.63) is 87.8 Å². The molecule has 136 valence electrons. The van der Waals surface area contributed by atoms with Crippen molar-refractivity contribution in [2.75, 3.05) is 10.6 Å². The van der Waals surface area contributed by atoms with Crippen LogP contribution in [0.2, 0.25) is 5.02 Å². The highest BCUT2D eigenvalue weighted by molar-refractivity contribution is 6.30. The third-order valence-electron chi connectivity index (χ3n) is 3.55. The molecule has 0 unspecified atom stereocenters. The Bertz CT molecular complexity index is 1020. The minimum Gasteiger partial charge on any atom is -0.324 e. The third kappa shape index (κ3) is 5.02. The summed E-state index contributed by atoms with van der Waals surface area (Å²) >= 11 is 5.80. The Balaban J connectivity index is 1.71. The second-order valence-electron chi connectivity index (χ2n) is 5.59. The van der Waals surface area contributed by atoms with Gasteiger partial charge < -0.3 is 10.6 Å². The molecule has 8 heteroatoms. The van der Waals surface area contributed by atoms with Gasteiger partial charge in [-0.15, -0.1) is 0 Å². The fourth-order valence-electron chi connectivity index (χ4n) is 2.27. The van der Waals surface area contributed by atoms with E-state index >= 15 is 0 Å². The zero-order chi connectivity index (χ0) is 19.2. The smallest absolute Gasteiger partial charge is 0.276 e. The largest absolute Gasteiger partial charge is 0.324 e. The van der Waals surface area contributed by atoms with Crippen LogP contribution >= 0.6 is 11.6 Å². The molecule has 0 radical (unpaired) electrons. The van der Waals surface area contributed by atoms with Crippen molar-refractivity contribution < 1.29 is 9.59 Å². The SMILES string of the molecule is O=C(Cn1nc(C(=O)Nc2ccccc2)ccc1=O)Nc1ccc(Cl)cc1. The first-order valence-corrected chi connectivity index (χ1v) is 8.39. The van der Waals surface area contributed by atoms with E-state index in [2.05, 4.69) is 15.7 Å². The fraction of sp³-hybridized carbons (Fsp3) is 0.0526. The van der Waals surface area contributed by atoms with Crippen molar-refractivity contribution in [2.24, 2.45) is 0 Å². The van der Waals surface area contributed by atoms with Gasteiger partial charge in [-0.3, -0.25) is 14.4 Å². The third-order valence-corrected chi connectivity index (χ3v) is 3.80. The summed E-state index contributed by atoms with van der Waals surface area (Å²) in [4.78, 5) is 36.4. The number of rotatable bonds is 5. The molecule has 0 aliphatic rings. The Labute approximate surface area is 159 Å². The van der Waals surface area contributed by atoms with Gasteiger partial charge in [0, 0.05) is 22.5 Å². The molecule has 2 amide bonds. The molecule has 2 N–H and O–H groups in total. The molecular weight excluding hydrogens is 368 g/mol. The Morgan fingerprint density at radius 3 is 2.26 bits per heavy atom. The number of nitrogens with one attached hydrogen (secondary N) is 2. The minimum atomic E-state index is -0.488. The summed E-state index contributed by atoms with van der Waals surface area (Å²) in [5.41, 5.74) is 0.674. The van der Waals surface area contributed by atoms with E-state index in [1.807, 2.05) is 6.07 Å². The van der Waals surface area contributed by atoms with Gasteiger partial charge in [0.25, 0.3) is 11.5 Å². The summed E-state index contributed by atoms with van der Waals surface area (Å²) in [6.07, 6.45) is 0.